The van der Waals surface area contributed by atoms with Gasteiger partial charge in [-0.05, 0) is 38.6 Å². The molecule has 0 aromatic carbocycles. The van der Waals surface area contributed by atoms with E-state index in [0.29, 0.717) is 0 Å². The topological polar surface area (TPSA) is 30.9 Å². The molecule has 0 spiro atoms. The Morgan fingerprint density at radius 2 is 1.77 bits per heavy atom. The Morgan fingerprint density at radius 1 is 1.14 bits per heavy atom. The van der Waals surface area contributed by atoms with Crippen molar-refractivity contribution in [1.82, 2.24) is 15.1 Å². The second-order valence-corrected chi connectivity index (χ2v) is 6.92. The van der Waals surface area contributed by atoms with Crippen molar-refractivity contribution in [3.8, 4) is 0 Å². The molecule has 2 fully saturated rings. The number of hydrogen-bond acceptors (Lipinski definition) is 2. The van der Waals surface area contributed by atoms with Crippen LogP contribution in [0.25, 0.3) is 0 Å². The smallest absolute Gasteiger partial charge is 0.193 e. The van der Waals surface area contributed by atoms with Crippen LogP contribution in [0.15, 0.2) is 4.99 Å². The molecule has 130 valence electrons. The van der Waals surface area contributed by atoms with Crippen molar-refractivity contribution in [2.75, 3.05) is 40.3 Å². The van der Waals surface area contributed by atoms with E-state index in [1.807, 2.05) is 7.05 Å². The fraction of sp³-hybridized carbons (Fsp3) is 0.941. The summed E-state index contributed by atoms with van der Waals surface area (Å²) in [5, 5.41) is 3.56. The van der Waals surface area contributed by atoms with Crippen molar-refractivity contribution in [3.05, 3.63) is 0 Å². The molecule has 0 aromatic heterocycles. The van der Waals surface area contributed by atoms with Gasteiger partial charge in [0.05, 0.1) is 0 Å². The standard InChI is InChI=1S/C17H34N4.HI/c1-15-9-12-21(13-10-15)17(18-2)19-11-14-20(3)16-7-5-4-6-8-16;/h15-16H,4-14H2,1-3H3,(H,18,19);1H. The van der Waals surface area contributed by atoms with Crippen LogP contribution in [-0.2, 0) is 0 Å². The quantitative estimate of drug-likeness (QED) is 0.429. The maximum Gasteiger partial charge on any atom is 0.193 e. The zero-order valence-corrected chi connectivity index (χ0v) is 17.0. The van der Waals surface area contributed by atoms with Gasteiger partial charge in [-0.2, -0.15) is 0 Å². The lowest BCUT2D eigenvalue weighted by Crippen LogP contribution is -2.47. The summed E-state index contributed by atoms with van der Waals surface area (Å²) in [6, 6.07) is 0.804. The molecule has 1 heterocycles. The average molecular weight is 422 g/mol. The minimum atomic E-state index is 0. The molecule has 1 N–H and O–H groups in total. The summed E-state index contributed by atoms with van der Waals surface area (Å²) in [6.45, 7) is 6.78. The number of nitrogens with one attached hydrogen (secondary N) is 1. The fourth-order valence-corrected chi connectivity index (χ4v) is 3.60. The predicted molar refractivity (Wildman–Crippen MR) is 106 cm³/mol. The van der Waals surface area contributed by atoms with Crippen molar-refractivity contribution in [3.63, 3.8) is 0 Å². The number of guanidine groups is 1. The van der Waals surface area contributed by atoms with Crippen molar-refractivity contribution in [2.45, 2.75) is 57.9 Å². The Bertz CT molecular complexity index is 321. The molecule has 0 aromatic rings. The molecule has 2 aliphatic rings. The van der Waals surface area contributed by atoms with E-state index in [9.17, 15) is 0 Å². The number of piperidine rings is 1. The highest BCUT2D eigenvalue weighted by atomic mass is 127. The minimum Gasteiger partial charge on any atom is -0.355 e. The Hall–Kier alpha value is -0.0400. The summed E-state index contributed by atoms with van der Waals surface area (Å²) in [4.78, 5) is 9.42. The van der Waals surface area contributed by atoms with E-state index < -0.39 is 0 Å². The van der Waals surface area contributed by atoms with Crippen LogP contribution in [0.5, 0.6) is 0 Å². The molecule has 0 amide bonds. The van der Waals surface area contributed by atoms with Gasteiger partial charge in [-0.3, -0.25) is 4.99 Å². The molecule has 0 radical (unpaired) electrons. The maximum atomic E-state index is 4.46. The van der Waals surface area contributed by atoms with Crippen LogP contribution < -0.4 is 5.32 Å². The zero-order chi connectivity index (χ0) is 15.1. The van der Waals surface area contributed by atoms with E-state index in [4.69, 9.17) is 0 Å². The third kappa shape index (κ3) is 6.22. The van der Waals surface area contributed by atoms with E-state index >= 15 is 0 Å². The van der Waals surface area contributed by atoms with Gasteiger partial charge in [-0.1, -0.05) is 26.2 Å². The molecular formula is C17H35IN4. The Balaban J connectivity index is 0.00000242. The van der Waals surface area contributed by atoms with Crippen LogP contribution >= 0.6 is 24.0 Å². The zero-order valence-electron chi connectivity index (χ0n) is 14.7. The molecule has 1 aliphatic heterocycles. The van der Waals surface area contributed by atoms with Gasteiger partial charge >= 0.3 is 0 Å². The van der Waals surface area contributed by atoms with Crippen molar-refractivity contribution >= 4 is 29.9 Å². The number of likely N-dealkylation sites (N-methyl/N-ethyl adjacent to an activating group) is 1. The van der Waals surface area contributed by atoms with Crippen LogP contribution in [-0.4, -0.2) is 62.1 Å². The lowest BCUT2D eigenvalue weighted by molar-refractivity contribution is 0.193. The first kappa shape index (κ1) is 20.0. The number of rotatable bonds is 4. The van der Waals surface area contributed by atoms with E-state index in [2.05, 4.69) is 34.1 Å². The number of aliphatic imine (C=N–C) groups is 1. The second-order valence-electron chi connectivity index (χ2n) is 6.92. The van der Waals surface area contributed by atoms with Crippen LogP contribution in [0.4, 0.5) is 0 Å². The van der Waals surface area contributed by atoms with E-state index in [0.717, 1.165) is 44.1 Å². The highest BCUT2D eigenvalue weighted by molar-refractivity contribution is 14.0. The predicted octanol–water partition coefficient (Wildman–Crippen LogP) is 3.18. The third-order valence-electron chi connectivity index (χ3n) is 5.24. The molecule has 0 atom stereocenters. The molecule has 22 heavy (non-hydrogen) atoms. The lowest BCUT2D eigenvalue weighted by Gasteiger charge is -2.34. The van der Waals surface area contributed by atoms with Crippen LogP contribution in [0, 0.1) is 5.92 Å². The van der Waals surface area contributed by atoms with Crippen molar-refractivity contribution < 1.29 is 0 Å². The molecular weight excluding hydrogens is 387 g/mol. The van der Waals surface area contributed by atoms with Crippen LogP contribution in [0.1, 0.15) is 51.9 Å². The Labute approximate surface area is 154 Å². The Kier molecular flexibility index (Phi) is 9.71. The van der Waals surface area contributed by atoms with Gasteiger partial charge in [0, 0.05) is 39.3 Å². The third-order valence-corrected chi connectivity index (χ3v) is 5.24. The van der Waals surface area contributed by atoms with Crippen LogP contribution in [0.2, 0.25) is 0 Å². The van der Waals surface area contributed by atoms with E-state index in [-0.39, 0.29) is 24.0 Å². The van der Waals surface area contributed by atoms with E-state index in [1.165, 1.54) is 44.9 Å². The number of hydrogen-bond donors (Lipinski definition) is 1. The lowest BCUT2D eigenvalue weighted by atomic mass is 9.94. The van der Waals surface area contributed by atoms with Gasteiger partial charge in [-0.25, -0.2) is 0 Å². The van der Waals surface area contributed by atoms with Gasteiger partial charge in [0.2, 0.25) is 0 Å². The molecule has 2 rings (SSSR count). The summed E-state index contributed by atoms with van der Waals surface area (Å²) in [5.41, 5.74) is 0. The Morgan fingerprint density at radius 3 is 2.36 bits per heavy atom. The number of likely N-dealkylation sites (tertiary alicyclic amines) is 1. The summed E-state index contributed by atoms with van der Waals surface area (Å²) in [5.74, 6) is 1.97. The number of halogens is 1. The summed E-state index contributed by atoms with van der Waals surface area (Å²) in [6.07, 6.45) is 9.62. The average Bonchev–Trinajstić information content (AvgIpc) is 2.53. The van der Waals surface area contributed by atoms with Gasteiger partial charge in [0.1, 0.15) is 0 Å². The SMILES string of the molecule is CN=C(NCCN(C)C1CCCCC1)N1CCC(C)CC1.I. The first-order chi connectivity index (χ1) is 10.2. The second kappa shape index (κ2) is 10.7. The number of nitrogens with zero attached hydrogens (tertiary/aromatic N) is 3. The van der Waals surface area contributed by atoms with Crippen LogP contribution in [0.3, 0.4) is 0 Å². The highest BCUT2D eigenvalue weighted by Gasteiger charge is 2.20. The molecule has 5 heteroatoms. The monoisotopic (exact) mass is 422 g/mol. The summed E-state index contributed by atoms with van der Waals surface area (Å²) < 4.78 is 0. The molecule has 1 saturated carbocycles. The largest absolute Gasteiger partial charge is 0.355 e. The van der Waals surface area contributed by atoms with Gasteiger partial charge in [0.25, 0.3) is 0 Å². The molecule has 4 nitrogen and oxygen atoms in total. The normalized spacial score (nSPS) is 21.8. The first-order valence-electron chi connectivity index (χ1n) is 8.86. The maximum absolute atomic E-state index is 4.46. The van der Waals surface area contributed by atoms with Gasteiger partial charge in [-0.15, -0.1) is 24.0 Å². The molecule has 1 aliphatic carbocycles. The first-order valence-corrected chi connectivity index (χ1v) is 8.86. The van der Waals surface area contributed by atoms with Crippen molar-refractivity contribution in [1.29, 1.82) is 0 Å². The highest BCUT2D eigenvalue weighted by Crippen LogP contribution is 2.21. The van der Waals surface area contributed by atoms with Crippen molar-refractivity contribution in [2.24, 2.45) is 10.9 Å². The summed E-state index contributed by atoms with van der Waals surface area (Å²) >= 11 is 0. The molecule has 1 saturated heterocycles. The molecule has 0 bridgehead atoms. The van der Waals surface area contributed by atoms with Gasteiger partial charge < -0.3 is 15.1 Å². The minimum absolute atomic E-state index is 0. The van der Waals surface area contributed by atoms with E-state index in [1.54, 1.807) is 0 Å². The van der Waals surface area contributed by atoms with Gasteiger partial charge in [0.15, 0.2) is 5.96 Å². The summed E-state index contributed by atoms with van der Waals surface area (Å²) in [7, 11) is 4.19. The fourth-order valence-electron chi connectivity index (χ4n) is 3.60. The molecule has 0 unspecified atom stereocenters.